The standard InChI is InChI=1S/C15H13N3O4S/c1-9-12(14(19)22-2)13(17-6-7-23-15(17)16-9)10-4-3-5-11(8-10)18(20)21/h3-8,13H,1-2H3. The van der Waals surface area contributed by atoms with Gasteiger partial charge in [-0.05, 0) is 17.9 Å². The minimum atomic E-state index is -0.499. The zero-order chi connectivity index (χ0) is 16.6. The normalized spacial score (nSPS) is 19.5. The second-order valence-electron chi connectivity index (χ2n) is 4.95. The Hall–Kier alpha value is -2.61. The van der Waals surface area contributed by atoms with Crippen LogP contribution in [0.3, 0.4) is 0 Å². The highest BCUT2D eigenvalue weighted by molar-refractivity contribution is 8.16. The van der Waals surface area contributed by atoms with Gasteiger partial charge in [0, 0.05) is 18.3 Å². The van der Waals surface area contributed by atoms with Gasteiger partial charge in [0.2, 0.25) is 0 Å². The van der Waals surface area contributed by atoms with Crippen LogP contribution in [0.5, 0.6) is 0 Å². The van der Waals surface area contributed by atoms with Crippen molar-refractivity contribution in [1.82, 2.24) is 4.90 Å². The van der Waals surface area contributed by atoms with Crippen LogP contribution in [0.2, 0.25) is 0 Å². The van der Waals surface area contributed by atoms with Crippen molar-refractivity contribution < 1.29 is 14.5 Å². The van der Waals surface area contributed by atoms with Gasteiger partial charge in [0.05, 0.1) is 29.3 Å². The Balaban J connectivity index is 2.15. The number of methoxy groups -OCH3 is 1. The largest absolute Gasteiger partial charge is 0.466 e. The molecule has 8 heteroatoms. The van der Waals surface area contributed by atoms with Crippen LogP contribution in [0.1, 0.15) is 18.5 Å². The number of hydrogen-bond donors (Lipinski definition) is 0. The average Bonchev–Trinajstić information content (AvgIpc) is 3.00. The first-order chi connectivity index (χ1) is 11.0. The number of allylic oxidation sites excluding steroid dienone is 1. The molecule has 0 fully saturated rings. The maximum atomic E-state index is 12.2. The smallest absolute Gasteiger partial charge is 0.338 e. The number of ether oxygens (including phenoxy) is 1. The van der Waals surface area contributed by atoms with Crippen molar-refractivity contribution >= 4 is 28.6 Å². The van der Waals surface area contributed by atoms with E-state index in [0.717, 1.165) is 5.17 Å². The molecule has 1 aromatic rings. The number of nitro groups is 1. The fourth-order valence-corrected chi connectivity index (χ4v) is 3.40. The summed E-state index contributed by atoms with van der Waals surface area (Å²) < 4.78 is 4.88. The Morgan fingerprint density at radius 3 is 2.96 bits per heavy atom. The lowest BCUT2D eigenvalue weighted by atomic mass is 9.94. The fourth-order valence-electron chi connectivity index (χ4n) is 2.61. The topological polar surface area (TPSA) is 85.0 Å². The number of carbonyl (C=O) groups is 1. The number of nitro benzene ring substituents is 1. The van der Waals surface area contributed by atoms with Crippen LogP contribution in [-0.2, 0) is 9.53 Å². The van der Waals surface area contributed by atoms with Gasteiger partial charge in [0.25, 0.3) is 5.69 Å². The highest BCUT2D eigenvalue weighted by atomic mass is 32.2. The van der Waals surface area contributed by atoms with Gasteiger partial charge >= 0.3 is 5.97 Å². The number of amidine groups is 1. The average molecular weight is 331 g/mol. The van der Waals surface area contributed by atoms with Gasteiger partial charge in [0.15, 0.2) is 5.17 Å². The molecule has 118 valence electrons. The van der Waals surface area contributed by atoms with Crippen molar-refractivity contribution in [3.8, 4) is 0 Å². The third-order valence-corrected chi connectivity index (χ3v) is 4.39. The highest BCUT2D eigenvalue weighted by Gasteiger charge is 2.37. The van der Waals surface area contributed by atoms with Crippen molar-refractivity contribution in [2.75, 3.05) is 7.11 Å². The van der Waals surface area contributed by atoms with Gasteiger partial charge < -0.3 is 9.64 Å². The number of esters is 1. The Kier molecular flexibility index (Phi) is 3.91. The lowest BCUT2D eigenvalue weighted by molar-refractivity contribution is -0.384. The van der Waals surface area contributed by atoms with Crippen molar-refractivity contribution in [2.24, 2.45) is 4.99 Å². The lowest BCUT2D eigenvalue weighted by Crippen LogP contribution is -2.33. The zero-order valence-corrected chi connectivity index (χ0v) is 13.2. The summed E-state index contributed by atoms with van der Waals surface area (Å²) in [5, 5.41) is 13.6. The summed E-state index contributed by atoms with van der Waals surface area (Å²) in [6.45, 7) is 1.74. The number of rotatable bonds is 3. The van der Waals surface area contributed by atoms with Crippen molar-refractivity contribution in [3.05, 3.63) is 62.8 Å². The zero-order valence-electron chi connectivity index (χ0n) is 12.4. The molecular weight excluding hydrogens is 318 g/mol. The number of thioether (sulfide) groups is 1. The van der Waals surface area contributed by atoms with Crippen LogP contribution in [0.15, 0.2) is 52.1 Å². The molecule has 2 heterocycles. The second-order valence-corrected chi connectivity index (χ2v) is 5.82. The molecule has 2 aliphatic heterocycles. The molecule has 0 spiro atoms. The first-order valence-corrected chi connectivity index (χ1v) is 7.64. The van der Waals surface area contributed by atoms with E-state index in [1.165, 1.54) is 31.0 Å². The monoisotopic (exact) mass is 331 g/mol. The van der Waals surface area contributed by atoms with Crippen LogP contribution in [0, 0.1) is 10.1 Å². The number of benzene rings is 1. The molecule has 1 atom stereocenters. The van der Waals surface area contributed by atoms with Gasteiger partial charge in [-0.3, -0.25) is 10.1 Å². The van der Waals surface area contributed by atoms with Crippen LogP contribution in [-0.4, -0.2) is 28.1 Å². The molecule has 7 nitrogen and oxygen atoms in total. The summed E-state index contributed by atoms with van der Waals surface area (Å²) in [5.41, 5.74) is 1.54. The minimum Gasteiger partial charge on any atom is -0.466 e. The Morgan fingerprint density at radius 1 is 1.48 bits per heavy atom. The molecule has 0 aromatic heterocycles. The first kappa shape index (κ1) is 15.3. The van der Waals surface area contributed by atoms with Gasteiger partial charge in [-0.15, -0.1) is 0 Å². The third-order valence-electron chi connectivity index (χ3n) is 3.62. The number of non-ortho nitro benzene ring substituents is 1. The van der Waals surface area contributed by atoms with Gasteiger partial charge in [0.1, 0.15) is 0 Å². The van der Waals surface area contributed by atoms with E-state index in [4.69, 9.17) is 4.74 Å². The molecule has 0 radical (unpaired) electrons. The summed E-state index contributed by atoms with van der Waals surface area (Å²) in [6.07, 6.45) is 1.81. The molecule has 0 saturated heterocycles. The Morgan fingerprint density at radius 2 is 2.26 bits per heavy atom. The van der Waals surface area contributed by atoms with Crippen LogP contribution >= 0.6 is 11.8 Å². The quantitative estimate of drug-likeness (QED) is 0.481. The number of hydrogen-bond acceptors (Lipinski definition) is 7. The first-order valence-electron chi connectivity index (χ1n) is 6.76. The number of nitrogens with zero attached hydrogens (tertiary/aromatic N) is 3. The van der Waals surface area contributed by atoms with Crippen LogP contribution < -0.4 is 0 Å². The van der Waals surface area contributed by atoms with Crippen molar-refractivity contribution in [2.45, 2.75) is 13.0 Å². The van der Waals surface area contributed by atoms with E-state index in [-0.39, 0.29) is 5.69 Å². The van der Waals surface area contributed by atoms with Crippen LogP contribution in [0.25, 0.3) is 0 Å². The van der Waals surface area contributed by atoms with Gasteiger partial charge in [-0.2, -0.15) is 0 Å². The van der Waals surface area contributed by atoms with E-state index in [1.54, 1.807) is 19.1 Å². The van der Waals surface area contributed by atoms with Crippen molar-refractivity contribution in [3.63, 3.8) is 0 Å². The van der Waals surface area contributed by atoms with Crippen LogP contribution in [0.4, 0.5) is 5.69 Å². The number of carbonyl (C=O) groups excluding carboxylic acids is 1. The maximum Gasteiger partial charge on any atom is 0.338 e. The van der Waals surface area contributed by atoms with E-state index >= 15 is 0 Å². The molecule has 0 aliphatic carbocycles. The SMILES string of the molecule is COC(=O)C1=C(C)N=C2SC=CN2C1c1cccc([N+](=O)[O-])c1. The molecule has 0 bridgehead atoms. The summed E-state index contributed by atoms with van der Waals surface area (Å²) >= 11 is 1.44. The van der Waals surface area contributed by atoms with E-state index in [2.05, 4.69) is 4.99 Å². The Labute approximate surface area is 136 Å². The summed E-state index contributed by atoms with van der Waals surface area (Å²) in [4.78, 5) is 29.1. The summed E-state index contributed by atoms with van der Waals surface area (Å²) in [5.74, 6) is -0.493. The van der Waals surface area contributed by atoms with E-state index in [9.17, 15) is 14.9 Å². The molecule has 0 N–H and O–H groups in total. The van der Waals surface area contributed by atoms with E-state index in [0.29, 0.717) is 16.8 Å². The maximum absolute atomic E-state index is 12.2. The predicted octanol–water partition coefficient (Wildman–Crippen LogP) is 2.97. The molecule has 3 rings (SSSR count). The molecule has 23 heavy (non-hydrogen) atoms. The highest BCUT2D eigenvalue weighted by Crippen LogP contribution is 2.41. The second kappa shape index (κ2) is 5.88. The van der Waals surface area contributed by atoms with Gasteiger partial charge in [-0.1, -0.05) is 23.9 Å². The number of fused-ring (bicyclic) bond motifs is 1. The fraction of sp³-hybridized carbons (Fsp3) is 0.200. The Bertz CT molecular complexity index is 785. The predicted molar refractivity (Wildman–Crippen MR) is 86.6 cm³/mol. The van der Waals surface area contributed by atoms with E-state index < -0.39 is 16.9 Å². The number of aliphatic imine (C=N–C) groups is 1. The lowest BCUT2D eigenvalue weighted by Gasteiger charge is -2.33. The van der Waals surface area contributed by atoms with Crippen molar-refractivity contribution in [1.29, 1.82) is 0 Å². The third kappa shape index (κ3) is 2.61. The molecule has 0 saturated carbocycles. The molecule has 1 aromatic carbocycles. The summed E-state index contributed by atoms with van der Waals surface area (Å²) in [7, 11) is 1.31. The molecule has 2 aliphatic rings. The molecule has 1 unspecified atom stereocenters. The van der Waals surface area contributed by atoms with E-state index in [1.807, 2.05) is 16.5 Å². The molecule has 0 amide bonds. The molecular formula is C15H13N3O4S. The summed E-state index contributed by atoms with van der Waals surface area (Å²) in [6, 6.07) is 5.76. The minimum absolute atomic E-state index is 0.0238. The van der Waals surface area contributed by atoms with Gasteiger partial charge in [-0.25, -0.2) is 9.79 Å².